The number of ether oxygens (including phenoxy) is 10. The Kier molecular flexibility index (Phi) is 18.7. The average molecular weight is 1210 g/mol. The molecule has 0 aromatic carbocycles. The molecule has 84 heavy (non-hydrogen) atoms. The van der Waals surface area contributed by atoms with Gasteiger partial charge < -0.3 is 124 Å². The van der Waals surface area contributed by atoms with Crippen LogP contribution in [0.15, 0.2) is 11.6 Å². The van der Waals surface area contributed by atoms with Gasteiger partial charge in [-0.25, -0.2) is 0 Å². The van der Waals surface area contributed by atoms with E-state index in [4.69, 9.17) is 47.4 Å². The van der Waals surface area contributed by atoms with Crippen LogP contribution in [0.1, 0.15) is 113 Å². The Morgan fingerprint density at radius 3 is 1.85 bits per heavy atom. The maximum atomic E-state index is 13.2. The second kappa shape index (κ2) is 24.1. The molecule has 26 nitrogen and oxygen atoms in total. The fraction of sp³-hybridized carbons (Fsp3) is 0.948. The molecule has 26 heteroatoms. The molecular weight excluding hydrogens is 1110 g/mol. The summed E-state index contributed by atoms with van der Waals surface area (Å²) < 4.78 is 59.2. The summed E-state index contributed by atoms with van der Waals surface area (Å²) >= 11 is 0. The van der Waals surface area contributed by atoms with Crippen molar-refractivity contribution in [1.82, 2.24) is 0 Å². The van der Waals surface area contributed by atoms with Crippen LogP contribution in [0.25, 0.3) is 0 Å². The summed E-state index contributed by atoms with van der Waals surface area (Å²) in [6.45, 7) is 12.3. The van der Waals surface area contributed by atoms with Crippen molar-refractivity contribution >= 4 is 5.97 Å². The zero-order chi connectivity index (χ0) is 61.1. The molecule has 0 radical (unpaired) electrons. The van der Waals surface area contributed by atoms with Gasteiger partial charge in [0.25, 0.3) is 0 Å². The summed E-state index contributed by atoms with van der Waals surface area (Å²) in [5.74, 6) is -0.548. The van der Waals surface area contributed by atoms with Gasteiger partial charge in [-0.15, -0.1) is 0 Å². The summed E-state index contributed by atoms with van der Waals surface area (Å²) in [6.07, 6.45) is -29.6. The lowest BCUT2D eigenvalue weighted by atomic mass is 9.33. The maximum absolute atomic E-state index is 13.2. The number of aliphatic hydroxyl groups excluding tert-OH is 14. The molecule has 4 saturated carbocycles. The van der Waals surface area contributed by atoms with E-state index in [1.54, 1.807) is 0 Å². The van der Waals surface area contributed by atoms with Crippen molar-refractivity contribution in [3.8, 4) is 0 Å². The second-order valence-corrected chi connectivity index (χ2v) is 28.0. The van der Waals surface area contributed by atoms with Crippen LogP contribution in [0.3, 0.4) is 0 Å². The van der Waals surface area contributed by atoms with Crippen LogP contribution < -0.4 is 0 Å². The number of carbonyl (C=O) groups is 1. The Hall–Kier alpha value is -1.75. The number of carboxylic acids is 1. The van der Waals surface area contributed by atoms with E-state index in [2.05, 4.69) is 40.7 Å². The Labute approximate surface area is 488 Å². The van der Waals surface area contributed by atoms with Crippen LogP contribution in [0.4, 0.5) is 0 Å². The smallest absolute Gasteiger partial charge is 0.310 e. The standard InChI is InChI=1S/C58H94O26/c1-24-34(63)45(83-47-40(69)37(66)30(22-76-47)80-48-42(71)39(68)44(29(20-60)79-48)82-49-41(70)38(67)36(65)28(19-59)78-49)43(72)50(77-24)84-46-35(64)27(62)21-75-51(46)81-33-11-12-54(4)31(55(33,5)23-61)10-13-57(7)32(54)9-8-25-26-18-53(2,3)14-16-58(26,52(73)74)17-15-56(25,57)6/h8,24,26-51,59-72H,9-23H2,1-7H3,(H,73,74)/t24-,26-,27-,28+,29+,30+,31+,32+,33-,34-,35-,36+,37+,38-,39+,40+,41+,42+,43+,44+,45+,46+,47-,48-,49-,50-,51-,54-,55-,56+,57+,58-/m0/s1. The van der Waals surface area contributed by atoms with E-state index in [0.29, 0.717) is 19.3 Å². The van der Waals surface area contributed by atoms with Crippen molar-refractivity contribution in [2.24, 2.45) is 50.2 Å². The third kappa shape index (κ3) is 10.8. The molecule has 482 valence electrons. The molecule has 10 rings (SSSR count). The lowest BCUT2D eigenvalue weighted by Crippen LogP contribution is -2.67. The number of rotatable bonds is 14. The van der Waals surface area contributed by atoms with Gasteiger partial charge in [-0.05, 0) is 111 Å². The molecular formula is C58H94O26. The molecule has 5 saturated heterocycles. The number of allylic oxidation sites excluding steroid dienone is 2. The maximum Gasteiger partial charge on any atom is 0.310 e. The first-order valence-corrected chi connectivity index (χ1v) is 30.2. The molecule has 0 aromatic heterocycles. The van der Waals surface area contributed by atoms with E-state index < -0.39 is 184 Å². The minimum absolute atomic E-state index is 0.0268. The molecule has 5 aliphatic heterocycles. The van der Waals surface area contributed by atoms with Crippen LogP contribution in [0.2, 0.25) is 0 Å². The van der Waals surface area contributed by atoms with Crippen molar-refractivity contribution in [3.05, 3.63) is 11.6 Å². The molecule has 32 atom stereocenters. The van der Waals surface area contributed by atoms with Gasteiger partial charge in [0.05, 0.1) is 50.7 Å². The van der Waals surface area contributed by atoms with Crippen LogP contribution >= 0.6 is 0 Å². The molecule has 5 heterocycles. The first-order chi connectivity index (χ1) is 39.4. The highest BCUT2D eigenvalue weighted by Crippen LogP contribution is 2.76. The van der Waals surface area contributed by atoms with Gasteiger partial charge in [-0.3, -0.25) is 4.79 Å². The van der Waals surface area contributed by atoms with Crippen molar-refractivity contribution in [2.75, 3.05) is 33.0 Å². The highest BCUT2D eigenvalue weighted by atomic mass is 16.8. The van der Waals surface area contributed by atoms with Crippen molar-refractivity contribution in [3.63, 3.8) is 0 Å². The number of aliphatic carboxylic acids is 1. The highest BCUT2D eigenvalue weighted by molar-refractivity contribution is 5.76. The second-order valence-electron chi connectivity index (χ2n) is 28.0. The van der Waals surface area contributed by atoms with E-state index in [1.807, 2.05) is 6.92 Å². The summed E-state index contributed by atoms with van der Waals surface area (Å²) in [5.41, 5.74) is -0.906. The largest absolute Gasteiger partial charge is 0.481 e. The lowest BCUT2D eigenvalue weighted by molar-refractivity contribution is -0.386. The molecule has 9 fully saturated rings. The SMILES string of the molecule is C[C@@H]1O[C@@H](O[C@H]2[C@H](O[C@H]3CC[C@@]4(C)[C@@H](CC[C@]5(C)[C@@H]4CC=C4[C@@H]6CC(C)(C)CC[C@]6(C(=O)O)CC[C@]45C)[C@]3(C)CO)OC[C@H](O)[C@@H]2O)[C@H](O)[C@H](O[C@@H]2OC[C@@H](O[C@@H]3O[C@H](CO)[C@@H](O[C@@H]4O[C@H](CO)[C@@H](O)[C@H](O)[C@H]4O)[C@H](O)[C@H]3O)[C@@H](O)[C@H]2O)[C@H]1O. The van der Waals surface area contributed by atoms with Crippen LogP contribution in [-0.4, -0.2) is 263 Å². The highest BCUT2D eigenvalue weighted by Gasteiger charge is 2.70. The van der Waals surface area contributed by atoms with Gasteiger partial charge in [0, 0.05) is 5.41 Å². The van der Waals surface area contributed by atoms with E-state index in [1.165, 1.54) is 12.5 Å². The molecule has 15 N–H and O–H groups in total. The first-order valence-electron chi connectivity index (χ1n) is 30.2. The topological polar surface area (TPSA) is 413 Å². The van der Waals surface area contributed by atoms with E-state index in [0.717, 1.165) is 44.9 Å². The van der Waals surface area contributed by atoms with E-state index in [9.17, 15) is 81.4 Å². The molecule has 10 aliphatic rings. The van der Waals surface area contributed by atoms with E-state index >= 15 is 0 Å². The molecule has 0 amide bonds. The third-order valence-corrected chi connectivity index (χ3v) is 22.9. The first kappa shape index (κ1) is 65.2. The van der Waals surface area contributed by atoms with Gasteiger partial charge >= 0.3 is 5.97 Å². The van der Waals surface area contributed by atoms with E-state index in [-0.39, 0.29) is 52.6 Å². The van der Waals surface area contributed by atoms with Crippen molar-refractivity contribution in [2.45, 2.75) is 260 Å². The molecule has 0 unspecified atom stereocenters. The van der Waals surface area contributed by atoms with Crippen molar-refractivity contribution < 1.29 is 129 Å². The van der Waals surface area contributed by atoms with Gasteiger partial charge in [0.1, 0.15) is 104 Å². The third-order valence-electron chi connectivity index (χ3n) is 22.9. The minimum atomic E-state index is -1.99. The monoisotopic (exact) mass is 1210 g/mol. The summed E-state index contributed by atoms with van der Waals surface area (Å²) in [5, 5.41) is 164. The van der Waals surface area contributed by atoms with Gasteiger partial charge in [-0.2, -0.15) is 0 Å². The fourth-order valence-electron chi connectivity index (χ4n) is 17.5. The lowest BCUT2D eigenvalue weighted by Gasteiger charge is -2.71. The fourth-order valence-corrected chi connectivity index (χ4v) is 17.5. The molecule has 0 bridgehead atoms. The Morgan fingerprint density at radius 1 is 0.560 bits per heavy atom. The molecule has 5 aliphatic carbocycles. The number of fused-ring (bicyclic) bond motifs is 7. The normalized spacial score (nSPS) is 54.9. The van der Waals surface area contributed by atoms with Crippen LogP contribution in [0.5, 0.6) is 0 Å². The zero-order valence-electron chi connectivity index (χ0n) is 49.0. The average Bonchev–Trinajstić information content (AvgIpc) is 0.688. The van der Waals surface area contributed by atoms with Crippen molar-refractivity contribution in [1.29, 1.82) is 0 Å². The number of carboxylic acid groups (broad SMARTS) is 1. The van der Waals surface area contributed by atoms with Crippen LogP contribution in [0, 0.1) is 50.2 Å². The number of hydrogen-bond donors (Lipinski definition) is 15. The predicted octanol–water partition coefficient (Wildman–Crippen LogP) is -2.37. The minimum Gasteiger partial charge on any atom is -0.481 e. The van der Waals surface area contributed by atoms with Gasteiger partial charge in [0.15, 0.2) is 31.5 Å². The Balaban J connectivity index is 0.788. The summed E-state index contributed by atoms with van der Waals surface area (Å²) in [7, 11) is 0. The molecule has 0 aromatic rings. The predicted molar refractivity (Wildman–Crippen MR) is 284 cm³/mol. The van der Waals surface area contributed by atoms with Gasteiger partial charge in [0.2, 0.25) is 0 Å². The zero-order valence-corrected chi connectivity index (χ0v) is 49.0. The Bertz CT molecular complexity index is 2330. The van der Waals surface area contributed by atoms with Crippen LogP contribution in [-0.2, 0) is 52.2 Å². The number of aliphatic hydroxyl groups is 14. The van der Waals surface area contributed by atoms with Gasteiger partial charge in [-0.1, -0.05) is 53.2 Å². The Morgan fingerprint density at radius 2 is 1.17 bits per heavy atom. The number of hydrogen-bond acceptors (Lipinski definition) is 25. The molecule has 0 spiro atoms. The quantitative estimate of drug-likeness (QED) is 0.0639. The summed E-state index contributed by atoms with van der Waals surface area (Å²) in [6, 6.07) is 0. The summed E-state index contributed by atoms with van der Waals surface area (Å²) in [4.78, 5) is 13.2.